The first kappa shape index (κ1) is 10.5. The van der Waals surface area contributed by atoms with E-state index in [0.717, 1.165) is 0 Å². The van der Waals surface area contributed by atoms with E-state index in [-0.39, 0.29) is 5.92 Å². The predicted molar refractivity (Wildman–Crippen MR) is 55.6 cm³/mol. The van der Waals surface area contributed by atoms with Crippen LogP contribution >= 0.6 is 0 Å². The summed E-state index contributed by atoms with van der Waals surface area (Å²) in [6, 6.07) is 0. The first-order valence-electron chi connectivity index (χ1n) is 5.10. The van der Waals surface area contributed by atoms with Gasteiger partial charge in [-0.25, -0.2) is 0 Å². The van der Waals surface area contributed by atoms with Gasteiger partial charge in [-0.15, -0.1) is 13.2 Å². The van der Waals surface area contributed by atoms with Crippen LogP contribution in [-0.2, 0) is 0 Å². The van der Waals surface area contributed by atoms with Gasteiger partial charge in [-0.05, 0) is 18.8 Å². The molecule has 13 heavy (non-hydrogen) atoms. The van der Waals surface area contributed by atoms with Gasteiger partial charge in [0.15, 0.2) is 0 Å². The second-order valence-electron chi connectivity index (χ2n) is 3.79. The van der Waals surface area contributed by atoms with Gasteiger partial charge in [0.1, 0.15) is 6.10 Å². The SMILES string of the molecule is C=C[C](O)C(C=C)C1CCCCC1. The lowest BCUT2D eigenvalue weighted by Gasteiger charge is -2.29. The van der Waals surface area contributed by atoms with Gasteiger partial charge >= 0.3 is 0 Å². The summed E-state index contributed by atoms with van der Waals surface area (Å²) in [4.78, 5) is 0. The first-order valence-corrected chi connectivity index (χ1v) is 5.10. The average molecular weight is 179 g/mol. The molecule has 1 aliphatic rings. The van der Waals surface area contributed by atoms with Crippen LogP contribution in [0.2, 0.25) is 0 Å². The lowest BCUT2D eigenvalue weighted by atomic mass is 9.77. The lowest BCUT2D eigenvalue weighted by molar-refractivity contribution is 0.203. The van der Waals surface area contributed by atoms with Crippen molar-refractivity contribution < 1.29 is 5.11 Å². The van der Waals surface area contributed by atoms with Gasteiger partial charge in [0.05, 0.1) is 0 Å². The van der Waals surface area contributed by atoms with E-state index in [1.807, 2.05) is 6.08 Å². The second kappa shape index (κ2) is 5.23. The van der Waals surface area contributed by atoms with Crippen molar-refractivity contribution in [2.45, 2.75) is 32.1 Å². The molecule has 0 aliphatic heterocycles. The summed E-state index contributed by atoms with van der Waals surface area (Å²) in [5, 5.41) is 9.60. The molecule has 0 heterocycles. The van der Waals surface area contributed by atoms with Crippen molar-refractivity contribution in [3.8, 4) is 0 Å². The molecule has 1 radical (unpaired) electrons. The van der Waals surface area contributed by atoms with Gasteiger partial charge in [0.25, 0.3) is 0 Å². The fraction of sp³-hybridized carbons (Fsp3) is 0.583. The Bertz CT molecular complexity index is 168. The highest BCUT2D eigenvalue weighted by Crippen LogP contribution is 2.34. The van der Waals surface area contributed by atoms with Crippen LogP contribution in [0.25, 0.3) is 0 Å². The molecule has 1 rings (SSSR count). The number of hydrogen-bond donors (Lipinski definition) is 1. The fourth-order valence-electron chi connectivity index (χ4n) is 2.18. The molecular weight excluding hydrogens is 160 g/mol. The van der Waals surface area contributed by atoms with E-state index in [1.54, 1.807) is 6.08 Å². The average Bonchev–Trinajstić information content (AvgIpc) is 2.20. The third-order valence-electron chi connectivity index (χ3n) is 2.96. The van der Waals surface area contributed by atoms with Crippen LogP contribution in [0.15, 0.2) is 25.3 Å². The summed E-state index contributed by atoms with van der Waals surface area (Å²) < 4.78 is 0. The van der Waals surface area contributed by atoms with E-state index in [9.17, 15) is 5.11 Å². The van der Waals surface area contributed by atoms with Crippen LogP contribution in [0, 0.1) is 17.9 Å². The summed E-state index contributed by atoms with van der Waals surface area (Å²) in [5.41, 5.74) is 0. The molecule has 0 bridgehead atoms. The van der Waals surface area contributed by atoms with Crippen molar-refractivity contribution in [2.75, 3.05) is 0 Å². The summed E-state index contributed by atoms with van der Waals surface area (Å²) >= 11 is 0. The van der Waals surface area contributed by atoms with E-state index in [0.29, 0.717) is 12.0 Å². The molecule has 1 saturated carbocycles. The van der Waals surface area contributed by atoms with Crippen LogP contribution in [0.5, 0.6) is 0 Å². The third kappa shape index (κ3) is 2.70. The van der Waals surface area contributed by atoms with Gasteiger partial charge in [-0.1, -0.05) is 31.4 Å². The van der Waals surface area contributed by atoms with Crippen molar-refractivity contribution in [3.63, 3.8) is 0 Å². The topological polar surface area (TPSA) is 20.2 Å². The zero-order chi connectivity index (χ0) is 9.68. The van der Waals surface area contributed by atoms with Crippen LogP contribution in [0.1, 0.15) is 32.1 Å². The maximum Gasteiger partial charge on any atom is 0.122 e. The smallest absolute Gasteiger partial charge is 0.122 e. The molecule has 0 amide bonds. The largest absolute Gasteiger partial charge is 0.382 e. The van der Waals surface area contributed by atoms with Crippen LogP contribution in [-0.4, -0.2) is 5.11 Å². The number of aliphatic hydroxyl groups is 1. The molecule has 1 aliphatic carbocycles. The minimum absolute atomic E-state index is 0.137. The lowest BCUT2D eigenvalue weighted by Crippen LogP contribution is -2.21. The highest BCUT2D eigenvalue weighted by Gasteiger charge is 2.25. The summed E-state index contributed by atoms with van der Waals surface area (Å²) in [6.07, 6.45) is 10.1. The molecule has 1 N–H and O–H groups in total. The Kier molecular flexibility index (Phi) is 4.23. The minimum atomic E-state index is 0.137. The third-order valence-corrected chi connectivity index (χ3v) is 2.96. The second-order valence-corrected chi connectivity index (χ2v) is 3.79. The predicted octanol–water partition coefficient (Wildman–Crippen LogP) is 3.46. The minimum Gasteiger partial charge on any atom is -0.382 e. The van der Waals surface area contributed by atoms with Gasteiger partial charge in [-0.2, -0.15) is 0 Å². The van der Waals surface area contributed by atoms with E-state index < -0.39 is 0 Å². The van der Waals surface area contributed by atoms with Gasteiger partial charge in [0.2, 0.25) is 0 Å². The molecular formula is C12H19O. The van der Waals surface area contributed by atoms with E-state index in [4.69, 9.17) is 0 Å². The Hall–Kier alpha value is -0.560. The summed E-state index contributed by atoms with van der Waals surface area (Å²) in [6.45, 7) is 7.37. The Labute approximate surface area is 81.2 Å². The monoisotopic (exact) mass is 179 g/mol. The van der Waals surface area contributed by atoms with Crippen LogP contribution in [0.4, 0.5) is 0 Å². The van der Waals surface area contributed by atoms with Gasteiger partial charge < -0.3 is 5.11 Å². The Morgan fingerprint density at radius 2 is 1.85 bits per heavy atom. The van der Waals surface area contributed by atoms with Crippen LogP contribution < -0.4 is 0 Å². The molecule has 0 saturated heterocycles. The molecule has 1 heteroatoms. The zero-order valence-electron chi connectivity index (χ0n) is 8.21. The van der Waals surface area contributed by atoms with E-state index in [2.05, 4.69) is 13.2 Å². The maximum atomic E-state index is 9.60. The van der Waals surface area contributed by atoms with Gasteiger partial charge in [0, 0.05) is 5.92 Å². The quantitative estimate of drug-likeness (QED) is 0.655. The van der Waals surface area contributed by atoms with E-state index >= 15 is 0 Å². The molecule has 0 aromatic rings. The molecule has 1 fully saturated rings. The molecule has 0 aromatic carbocycles. The van der Waals surface area contributed by atoms with Crippen LogP contribution in [0.3, 0.4) is 0 Å². The highest BCUT2D eigenvalue weighted by atomic mass is 16.3. The standard InChI is InChI=1S/C12H19O/c1-3-11(12(13)4-2)10-8-6-5-7-9-10/h3-4,10-11,13H,1-2,5-9H2. The molecule has 0 spiro atoms. The highest BCUT2D eigenvalue weighted by molar-refractivity contribution is 5.09. The normalized spacial score (nSPS) is 21.4. The zero-order valence-corrected chi connectivity index (χ0v) is 8.21. The molecule has 1 nitrogen and oxygen atoms in total. The van der Waals surface area contributed by atoms with Crippen molar-refractivity contribution in [2.24, 2.45) is 11.8 Å². The summed E-state index contributed by atoms with van der Waals surface area (Å²) in [5.74, 6) is 0.724. The van der Waals surface area contributed by atoms with Crippen molar-refractivity contribution in [1.82, 2.24) is 0 Å². The number of aliphatic hydroxyl groups excluding tert-OH is 1. The maximum absolute atomic E-state index is 9.60. The number of rotatable bonds is 4. The van der Waals surface area contributed by atoms with E-state index in [1.165, 1.54) is 32.1 Å². The van der Waals surface area contributed by atoms with Crippen molar-refractivity contribution >= 4 is 0 Å². The summed E-state index contributed by atoms with van der Waals surface area (Å²) in [7, 11) is 0. The molecule has 1 atom stereocenters. The number of hydrogen-bond acceptors (Lipinski definition) is 1. The Morgan fingerprint density at radius 1 is 1.23 bits per heavy atom. The first-order chi connectivity index (χ1) is 6.29. The van der Waals surface area contributed by atoms with Crippen molar-refractivity contribution in [3.05, 3.63) is 31.4 Å². The van der Waals surface area contributed by atoms with Crippen molar-refractivity contribution in [1.29, 1.82) is 0 Å². The fourth-order valence-corrected chi connectivity index (χ4v) is 2.18. The Balaban J connectivity index is 2.53. The molecule has 0 aromatic heterocycles. The molecule has 73 valence electrons. The Morgan fingerprint density at radius 3 is 2.31 bits per heavy atom. The van der Waals surface area contributed by atoms with Gasteiger partial charge in [-0.3, -0.25) is 0 Å². The molecule has 1 unspecified atom stereocenters.